The Kier molecular flexibility index (Phi) is 6.05. The van der Waals surface area contributed by atoms with Gasteiger partial charge in [0.2, 0.25) is 5.91 Å². The number of aromatic nitrogens is 3. The molecular weight excluding hydrogens is 438 g/mol. The van der Waals surface area contributed by atoms with Crippen molar-refractivity contribution in [2.45, 2.75) is 58.7 Å². The van der Waals surface area contributed by atoms with E-state index in [0.29, 0.717) is 36.4 Å². The van der Waals surface area contributed by atoms with Gasteiger partial charge in [0.05, 0.1) is 0 Å². The normalized spacial score (nSPS) is 16.3. The molecule has 2 aliphatic rings. The Morgan fingerprint density at radius 2 is 1.79 bits per heavy atom. The molecule has 9 heteroatoms. The lowest BCUT2D eigenvalue weighted by Gasteiger charge is -2.29. The van der Waals surface area contributed by atoms with Crippen LogP contribution in [0.15, 0.2) is 33.9 Å². The molecule has 1 amide bonds. The summed E-state index contributed by atoms with van der Waals surface area (Å²) in [4.78, 5) is 48.4. The Balaban J connectivity index is 1.52. The average Bonchev–Trinajstić information content (AvgIpc) is 3.30. The van der Waals surface area contributed by atoms with Gasteiger partial charge in [-0.1, -0.05) is 42.5 Å². The third-order valence-corrected chi connectivity index (χ3v) is 7.70. The van der Waals surface area contributed by atoms with Gasteiger partial charge in [-0.25, -0.2) is 9.78 Å². The van der Waals surface area contributed by atoms with Gasteiger partial charge in [-0.3, -0.25) is 18.7 Å². The second-order valence-electron chi connectivity index (χ2n) is 8.86. The van der Waals surface area contributed by atoms with Gasteiger partial charge in [-0.05, 0) is 43.2 Å². The highest BCUT2D eigenvalue weighted by Crippen LogP contribution is 2.28. The van der Waals surface area contributed by atoms with Gasteiger partial charge in [0.1, 0.15) is 11.2 Å². The maximum Gasteiger partial charge on any atom is 0.333 e. The SMILES string of the molecule is CCCn1c(=O)c2sc(N3CCCCC3)nc2n(CC(=O)N2CCc3ccccc3C2)c1=O. The molecule has 4 heterocycles. The minimum Gasteiger partial charge on any atom is -0.348 e. The average molecular weight is 468 g/mol. The number of anilines is 1. The van der Waals surface area contributed by atoms with E-state index >= 15 is 0 Å². The molecule has 0 radical (unpaired) electrons. The highest BCUT2D eigenvalue weighted by molar-refractivity contribution is 7.22. The fourth-order valence-electron chi connectivity index (χ4n) is 4.80. The van der Waals surface area contributed by atoms with Crippen LogP contribution in [-0.2, 0) is 30.8 Å². The van der Waals surface area contributed by atoms with E-state index in [1.54, 1.807) is 4.90 Å². The lowest BCUT2D eigenvalue weighted by atomic mass is 10.00. The van der Waals surface area contributed by atoms with Crippen LogP contribution >= 0.6 is 11.3 Å². The van der Waals surface area contributed by atoms with Gasteiger partial charge in [0, 0.05) is 32.7 Å². The first-order chi connectivity index (χ1) is 16.1. The molecule has 174 valence electrons. The number of piperidine rings is 1. The monoisotopic (exact) mass is 467 g/mol. The summed E-state index contributed by atoms with van der Waals surface area (Å²) in [7, 11) is 0. The number of rotatable bonds is 5. The molecule has 0 aliphatic carbocycles. The molecule has 0 bridgehead atoms. The lowest BCUT2D eigenvalue weighted by molar-refractivity contribution is -0.132. The number of benzene rings is 1. The van der Waals surface area contributed by atoms with E-state index in [4.69, 9.17) is 4.98 Å². The Bertz CT molecular complexity index is 1300. The predicted octanol–water partition coefficient (Wildman–Crippen LogP) is 2.60. The van der Waals surface area contributed by atoms with Crippen molar-refractivity contribution in [3.8, 4) is 0 Å². The van der Waals surface area contributed by atoms with Crippen LogP contribution in [0.3, 0.4) is 0 Å². The number of carbonyl (C=O) groups is 1. The topological polar surface area (TPSA) is 80.4 Å². The highest BCUT2D eigenvalue weighted by Gasteiger charge is 2.25. The molecule has 0 unspecified atom stereocenters. The van der Waals surface area contributed by atoms with Gasteiger partial charge < -0.3 is 9.80 Å². The molecule has 0 saturated carbocycles. The first-order valence-electron chi connectivity index (χ1n) is 11.8. The van der Waals surface area contributed by atoms with Crippen molar-refractivity contribution in [1.82, 2.24) is 19.0 Å². The van der Waals surface area contributed by atoms with E-state index in [2.05, 4.69) is 11.0 Å². The zero-order valence-corrected chi connectivity index (χ0v) is 19.8. The van der Waals surface area contributed by atoms with E-state index in [9.17, 15) is 14.4 Å². The molecule has 1 fully saturated rings. The number of fused-ring (bicyclic) bond motifs is 2. The van der Waals surface area contributed by atoms with E-state index in [0.717, 1.165) is 43.0 Å². The second-order valence-corrected chi connectivity index (χ2v) is 9.83. The first-order valence-corrected chi connectivity index (χ1v) is 12.6. The summed E-state index contributed by atoms with van der Waals surface area (Å²) < 4.78 is 3.14. The zero-order chi connectivity index (χ0) is 22.9. The van der Waals surface area contributed by atoms with Crippen molar-refractivity contribution < 1.29 is 4.79 Å². The third kappa shape index (κ3) is 4.10. The molecule has 5 rings (SSSR count). The van der Waals surface area contributed by atoms with E-state index in [1.807, 2.05) is 25.1 Å². The lowest BCUT2D eigenvalue weighted by Crippen LogP contribution is -2.44. The first kappa shape index (κ1) is 21.9. The summed E-state index contributed by atoms with van der Waals surface area (Å²) >= 11 is 1.34. The molecule has 2 aliphatic heterocycles. The summed E-state index contributed by atoms with van der Waals surface area (Å²) in [5.41, 5.74) is 2.01. The van der Waals surface area contributed by atoms with Crippen LogP contribution < -0.4 is 16.1 Å². The standard InChI is InChI=1S/C24H29N5O3S/c1-2-11-28-22(31)20-21(25-23(33-20)26-12-6-3-7-13-26)29(24(28)32)16-19(30)27-14-10-17-8-4-5-9-18(17)15-27/h4-5,8-9H,2-3,6-7,10-16H2,1H3. The molecule has 2 aromatic heterocycles. The summed E-state index contributed by atoms with van der Waals surface area (Å²) in [6.07, 6.45) is 4.85. The molecule has 3 aromatic rings. The summed E-state index contributed by atoms with van der Waals surface area (Å²) in [6, 6.07) is 8.15. The van der Waals surface area contributed by atoms with Gasteiger partial charge in [0.15, 0.2) is 10.8 Å². The maximum atomic E-state index is 13.3. The van der Waals surface area contributed by atoms with Gasteiger partial charge in [0.25, 0.3) is 5.56 Å². The van der Waals surface area contributed by atoms with Gasteiger partial charge in [-0.15, -0.1) is 0 Å². The van der Waals surface area contributed by atoms with Gasteiger partial charge in [-0.2, -0.15) is 0 Å². The third-order valence-electron chi connectivity index (χ3n) is 6.61. The van der Waals surface area contributed by atoms with Crippen molar-refractivity contribution in [1.29, 1.82) is 0 Å². The number of nitrogens with zero attached hydrogens (tertiary/aromatic N) is 5. The number of amides is 1. The summed E-state index contributed by atoms with van der Waals surface area (Å²) in [5.74, 6) is -0.123. The van der Waals surface area contributed by atoms with Crippen LogP contribution in [0.4, 0.5) is 5.13 Å². The van der Waals surface area contributed by atoms with E-state index in [-0.39, 0.29) is 18.0 Å². The van der Waals surface area contributed by atoms with Crippen LogP contribution in [0.2, 0.25) is 0 Å². The molecule has 1 aromatic carbocycles. The Morgan fingerprint density at radius 1 is 1.03 bits per heavy atom. The molecule has 8 nitrogen and oxygen atoms in total. The van der Waals surface area contributed by atoms with Crippen LogP contribution in [0.1, 0.15) is 43.7 Å². The fourth-order valence-corrected chi connectivity index (χ4v) is 5.87. The number of hydrogen-bond donors (Lipinski definition) is 0. The van der Waals surface area contributed by atoms with Gasteiger partial charge >= 0.3 is 5.69 Å². The number of hydrogen-bond acceptors (Lipinski definition) is 6. The smallest absolute Gasteiger partial charge is 0.333 e. The Labute approximate surface area is 196 Å². The van der Waals surface area contributed by atoms with Crippen molar-refractivity contribution in [2.75, 3.05) is 24.5 Å². The van der Waals surface area contributed by atoms with Crippen LogP contribution in [-0.4, -0.2) is 44.6 Å². The highest BCUT2D eigenvalue weighted by atomic mass is 32.1. The molecule has 0 N–H and O–H groups in total. The molecule has 0 atom stereocenters. The Hall–Kier alpha value is -2.94. The fraction of sp³-hybridized carbons (Fsp3) is 0.500. The number of carbonyl (C=O) groups excluding carboxylic acids is 1. The second kappa shape index (κ2) is 9.13. The number of thiazole rings is 1. The largest absolute Gasteiger partial charge is 0.348 e. The van der Waals surface area contributed by atoms with Crippen molar-refractivity contribution in [3.05, 3.63) is 56.2 Å². The molecule has 1 saturated heterocycles. The molecule has 0 spiro atoms. The van der Waals surface area contributed by atoms with Crippen LogP contribution in [0, 0.1) is 0 Å². The summed E-state index contributed by atoms with van der Waals surface area (Å²) in [5, 5.41) is 0.767. The minimum absolute atomic E-state index is 0.106. The van der Waals surface area contributed by atoms with E-state index < -0.39 is 5.69 Å². The van der Waals surface area contributed by atoms with Crippen molar-refractivity contribution >= 4 is 32.7 Å². The summed E-state index contributed by atoms with van der Waals surface area (Å²) in [6.45, 7) is 5.12. The molecule has 33 heavy (non-hydrogen) atoms. The van der Waals surface area contributed by atoms with Crippen LogP contribution in [0.25, 0.3) is 10.3 Å². The maximum absolute atomic E-state index is 13.3. The van der Waals surface area contributed by atoms with Crippen LogP contribution in [0.5, 0.6) is 0 Å². The Morgan fingerprint density at radius 3 is 2.55 bits per heavy atom. The molecular formula is C24H29N5O3S. The van der Waals surface area contributed by atoms with Crippen molar-refractivity contribution in [2.24, 2.45) is 0 Å². The van der Waals surface area contributed by atoms with E-state index in [1.165, 1.54) is 32.5 Å². The van der Waals surface area contributed by atoms with Crippen molar-refractivity contribution in [3.63, 3.8) is 0 Å². The zero-order valence-electron chi connectivity index (χ0n) is 19.0. The minimum atomic E-state index is -0.449. The predicted molar refractivity (Wildman–Crippen MR) is 130 cm³/mol. The quantitative estimate of drug-likeness (QED) is 0.576.